The molecule has 0 fully saturated rings. The predicted octanol–water partition coefficient (Wildman–Crippen LogP) is 4.81. The molecule has 0 bridgehead atoms. The first-order valence-corrected chi connectivity index (χ1v) is 9.19. The van der Waals surface area contributed by atoms with Crippen molar-refractivity contribution < 1.29 is 0 Å². The van der Waals surface area contributed by atoms with Crippen molar-refractivity contribution in [2.75, 3.05) is 0 Å². The summed E-state index contributed by atoms with van der Waals surface area (Å²) in [6.45, 7) is 2.82. The van der Waals surface area contributed by atoms with Crippen LogP contribution < -0.4 is 10.6 Å². The summed E-state index contributed by atoms with van der Waals surface area (Å²) in [5.74, 6) is 0. The molecule has 2 aromatic carbocycles. The minimum absolute atomic E-state index is 0.0707. The van der Waals surface area contributed by atoms with Crippen molar-refractivity contribution in [3.63, 3.8) is 0 Å². The molecule has 3 aromatic rings. The Labute approximate surface area is 152 Å². The van der Waals surface area contributed by atoms with Crippen LogP contribution in [0.2, 0.25) is 0 Å². The topological polar surface area (TPSA) is 24.1 Å². The van der Waals surface area contributed by atoms with E-state index in [1.54, 1.807) is 11.3 Å². The number of thiophene rings is 1. The lowest BCUT2D eigenvalue weighted by Gasteiger charge is -2.21. The van der Waals surface area contributed by atoms with Crippen LogP contribution in [0.1, 0.15) is 27.6 Å². The Morgan fingerprint density at radius 2 is 1.75 bits per heavy atom. The van der Waals surface area contributed by atoms with Crippen LogP contribution in [0.3, 0.4) is 0 Å². The highest BCUT2D eigenvalue weighted by Crippen LogP contribution is 2.26. The average Bonchev–Trinajstić information content (AvgIpc) is 3.14. The molecule has 0 aliphatic carbocycles. The fraction of sp³-hybridized carbons (Fsp3) is 0.150. The Hall–Kier alpha value is -2.17. The predicted molar refractivity (Wildman–Crippen MR) is 106 cm³/mol. The molecule has 3 rings (SSSR count). The minimum atomic E-state index is 0.0707. The third kappa shape index (κ3) is 4.43. The molecule has 1 atom stereocenters. The van der Waals surface area contributed by atoms with E-state index in [1.807, 2.05) is 18.2 Å². The molecule has 4 heteroatoms. The Morgan fingerprint density at radius 3 is 2.42 bits per heavy atom. The quantitative estimate of drug-likeness (QED) is 0.644. The molecule has 1 heterocycles. The number of hydrogen-bond donors (Lipinski definition) is 2. The van der Waals surface area contributed by atoms with Gasteiger partial charge in [-0.1, -0.05) is 66.2 Å². The van der Waals surface area contributed by atoms with E-state index >= 15 is 0 Å². The van der Waals surface area contributed by atoms with E-state index in [4.69, 9.17) is 12.2 Å². The number of hydrogen-bond acceptors (Lipinski definition) is 2. The SMILES string of the molecule is Cc1ccc([C@@H](NC(=S)NCc2ccccc2)c2cccs2)cc1. The van der Waals surface area contributed by atoms with Crippen molar-refractivity contribution >= 4 is 28.7 Å². The highest BCUT2D eigenvalue weighted by atomic mass is 32.1. The van der Waals surface area contributed by atoms with Crippen LogP contribution in [-0.2, 0) is 6.54 Å². The lowest BCUT2D eigenvalue weighted by atomic mass is 10.0. The van der Waals surface area contributed by atoms with Crippen LogP contribution in [0.4, 0.5) is 0 Å². The van der Waals surface area contributed by atoms with E-state index in [-0.39, 0.29) is 6.04 Å². The zero-order valence-electron chi connectivity index (χ0n) is 13.5. The highest BCUT2D eigenvalue weighted by molar-refractivity contribution is 7.80. The number of thiocarbonyl (C=S) groups is 1. The van der Waals surface area contributed by atoms with Gasteiger partial charge in [0.05, 0.1) is 6.04 Å². The summed E-state index contributed by atoms with van der Waals surface area (Å²) in [5.41, 5.74) is 3.69. The number of rotatable bonds is 5. The van der Waals surface area contributed by atoms with Gasteiger partial charge in [0, 0.05) is 11.4 Å². The van der Waals surface area contributed by atoms with Gasteiger partial charge in [-0.05, 0) is 41.7 Å². The van der Waals surface area contributed by atoms with Gasteiger partial charge in [-0.25, -0.2) is 0 Å². The number of benzene rings is 2. The van der Waals surface area contributed by atoms with E-state index in [1.165, 1.54) is 21.6 Å². The van der Waals surface area contributed by atoms with Gasteiger partial charge >= 0.3 is 0 Å². The smallest absolute Gasteiger partial charge is 0.167 e. The first-order valence-electron chi connectivity index (χ1n) is 7.90. The van der Waals surface area contributed by atoms with Gasteiger partial charge in [0.2, 0.25) is 0 Å². The second kappa shape index (κ2) is 8.08. The van der Waals surface area contributed by atoms with Crippen LogP contribution in [-0.4, -0.2) is 5.11 Å². The largest absolute Gasteiger partial charge is 0.359 e. The first kappa shape index (κ1) is 16.7. The van der Waals surface area contributed by atoms with E-state index in [0.717, 1.165) is 6.54 Å². The Morgan fingerprint density at radius 1 is 1.00 bits per heavy atom. The molecule has 1 aromatic heterocycles. The van der Waals surface area contributed by atoms with Crippen molar-refractivity contribution in [1.82, 2.24) is 10.6 Å². The molecule has 0 amide bonds. The molecule has 2 nitrogen and oxygen atoms in total. The van der Waals surface area contributed by atoms with E-state index < -0.39 is 0 Å². The maximum Gasteiger partial charge on any atom is 0.167 e. The summed E-state index contributed by atoms with van der Waals surface area (Å²) in [7, 11) is 0. The number of aryl methyl sites for hydroxylation is 1. The van der Waals surface area contributed by atoms with Crippen LogP contribution in [0.5, 0.6) is 0 Å². The lowest BCUT2D eigenvalue weighted by molar-refractivity contribution is 0.747. The van der Waals surface area contributed by atoms with Crippen LogP contribution in [0, 0.1) is 6.92 Å². The summed E-state index contributed by atoms with van der Waals surface area (Å²) < 4.78 is 0. The first-order chi connectivity index (χ1) is 11.7. The molecule has 0 radical (unpaired) electrons. The van der Waals surface area contributed by atoms with Crippen LogP contribution >= 0.6 is 23.6 Å². The van der Waals surface area contributed by atoms with E-state index in [0.29, 0.717) is 5.11 Å². The fourth-order valence-corrected chi connectivity index (χ4v) is 3.49. The molecule has 122 valence electrons. The lowest BCUT2D eigenvalue weighted by Crippen LogP contribution is -2.37. The average molecular weight is 353 g/mol. The summed E-state index contributed by atoms with van der Waals surface area (Å²) in [6.07, 6.45) is 0. The van der Waals surface area contributed by atoms with Crippen molar-refractivity contribution in [3.8, 4) is 0 Å². The van der Waals surface area contributed by atoms with Crippen LogP contribution in [0.25, 0.3) is 0 Å². The van der Waals surface area contributed by atoms with Gasteiger partial charge in [-0.15, -0.1) is 11.3 Å². The Kier molecular flexibility index (Phi) is 5.62. The zero-order valence-corrected chi connectivity index (χ0v) is 15.2. The van der Waals surface area contributed by atoms with Gasteiger partial charge in [0.25, 0.3) is 0 Å². The summed E-state index contributed by atoms with van der Waals surface area (Å²) in [4.78, 5) is 1.25. The molecule has 0 unspecified atom stereocenters. The maximum absolute atomic E-state index is 5.51. The minimum Gasteiger partial charge on any atom is -0.359 e. The summed E-state index contributed by atoms with van der Waals surface area (Å²) in [6, 6.07) is 23.1. The molecular weight excluding hydrogens is 332 g/mol. The van der Waals surface area contributed by atoms with Crippen LogP contribution in [0.15, 0.2) is 72.1 Å². The van der Waals surface area contributed by atoms with Gasteiger partial charge in [-0.2, -0.15) is 0 Å². The molecule has 2 N–H and O–H groups in total. The second-order valence-corrected chi connectivity index (χ2v) is 7.06. The monoisotopic (exact) mass is 352 g/mol. The molecule has 24 heavy (non-hydrogen) atoms. The van der Waals surface area contributed by atoms with Gasteiger partial charge in [0.1, 0.15) is 0 Å². The Bertz CT molecular complexity index is 765. The Balaban J connectivity index is 1.70. The number of nitrogens with one attached hydrogen (secondary N) is 2. The third-order valence-corrected chi connectivity index (χ3v) is 5.01. The van der Waals surface area contributed by atoms with Gasteiger partial charge in [0.15, 0.2) is 5.11 Å². The van der Waals surface area contributed by atoms with Crippen molar-refractivity contribution in [2.45, 2.75) is 19.5 Å². The summed E-state index contributed by atoms with van der Waals surface area (Å²) in [5, 5.41) is 9.51. The summed E-state index contributed by atoms with van der Waals surface area (Å²) >= 11 is 7.25. The molecule has 0 spiro atoms. The zero-order chi connectivity index (χ0) is 16.8. The van der Waals surface area contributed by atoms with E-state index in [9.17, 15) is 0 Å². The molecule has 0 saturated heterocycles. The molecule has 0 aliphatic rings. The highest BCUT2D eigenvalue weighted by Gasteiger charge is 2.16. The molecule has 0 aliphatic heterocycles. The van der Waals surface area contributed by atoms with Crippen molar-refractivity contribution in [2.24, 2.45) is 0 Å². The molecule has 0 saturated carbocycles. The second-order valence-electron chi connectivity index (χ2n) is 5.67. The normalized spacial score (nSPS) is 11.7. The molecular formula is C20H20N2S2. The van der Waals surface area contributed by atoms with Gasteiger partial charge < -0.3 is 10.6 Å². The van der Waals surface area contributed by atoms with Crippen molar-refractivity contribution in [3.05, 3.63) is 93.7 Å². The van der Waals surface area contributed by atoms with Gasteiger partial charge in [-0.3, -0.25) is 0 Å². The van der Waals surface area contributed by atoms with Crippen molar-refractivity contribution in [1.29, 1.82) is 0 Å². The third-order valence-electron chi connectivity index (χ3n) is 3.81. The maximum atomic E-state index is 5.51. The standard InChI is InChI=1S/C20H20N2S2/c1-15-9-11-17(12-10-15)19(18-8-5-13-24-18)22-20(23)21-14-16-6-3-2-4-7-16/h2-13,19H,14H2,1H3,(H2,21,22,23)/t19-/m1/s1. The van der Waals surface area contributed by atoms with E-state index in [2.05, 4.69) is 71.5 Å². The fourth-order valence-electron chi connectivity index (χ4n) is 2.49.